The summed E-state index contributed by atoms with van der Waals surface area (Å²) in [6.07, 6.45) is 1.74. The molecule has 0 radical (unpaired) electrons. The van der Waals surface area contributed by atoms with Gasteiger partial charge in [0.25, 0.3) is 0 Å². The van der Waals surface area contributed by atoms with Crippen molar-refractivity contribution < 1.29 is 26.8 Å². The highest BCUT2D eigenvalue weighted by atomic mass is 32.2. The van der Waals surface area contributed by atoms with Crippen LogP contribution in [0.3, 0.4) is 0 Å². The molecule has 2 rings (SSSR count). The molecule has 2 aromatic rings. The summed E-state index contributed by atoms with van der Waals surface area (Å²) < 4.78 is 53.0. The van der Waals surface area contributed by atoms with Gasteiger partial charge in [-0.25, -0.2) is 17.2 Å². The maximum absolute atomic E-state index is 14.2. The van der Waals surface area contributed by atoms with Crippen molar-refractivity contribution in [3.63, 3.8) is 0 Å². The van der Waals surface area contributed by atoms with Gasteiger partial charge in [-0.3, -0.25) is 13.9 Å². The molecule has 35 heavy (non-hydrogen) atoms. The van der Waals surface area contributed by atoms with Gasteiger partial charge in [-0.05, 0) is 56.5 Å². The molecule has 0 saturated heterocycles. The first kappa shape index (κ1) is 28.2. The lowest BCUT2D eigenvalue weighted by atomic mass is 10.1. The molecule has 0 aromatic heterocycles. The van der Waals surface area contributed by atoms with Crippen LogP contribution in [0.4, 0.5) is 14.5 Å². The minimum absolute atomic E-state index is 0.0668. The van der Waals surface area contributed by atoms with Crippen LogP contribution in [0.1, 0.15) is 45.6 Å². The smallest absolute Gasteiger partial charge is 0.242 e. The molecule has 0 bridgehead atoms. The molecule has 2 atom stereocenters. The first-order chi connectivity index (χ1) is 16.4. The van der Waals surface area contributed by atoms with Crippen LogP contribution in [0.25, 0.3) is 0 Å². The molecule has 0 aliphatic rings. The number of anilines is 1. The minimum Gasteiger partial charge on any atom is -0.352 e. The third kappa shape index (κ3) is 8.31. The summed E-state index contributed by atoms with van der Waals surface area (Å²) in [6, 6.07) is 10.3. The van der Waals surface area contributed by atoms with E-state index in [1.165, 1.54) is 41.3 Å². The summed E-state index contributed by atoms with van der Waals surface area (Å²) in [5, 5.41) is 2.86. The van der Waals surface area contributed by atoms with Gasteiger partial charge in [-0.2, -0.15) is 0 Å². The highest BCUT2D eigenvalue weighted by Crippen LogP contribution is 2.22. The van der Waals surface area contributed by atoms with Crippen molar-refractivity contribution in [1.82, 2.24) is 10.2 Å². The summed E-state index contributed by atoms with van der Waals surface area (Å²) in [5.74, 6) is -1.79. The van der Waals surface area contributed by atoms with E-state index in [1.54, 1.807) is 19.1 Å². The van der Waals surface area contributed by atoms with E-state index in [0.29, 0.717) is 5.56 Å². The number of hydrogen-bond donors (Lipinski definition) is 1. The third-order valence-electron chi connectivity index (χ3n) is 5.71. The zero-order chi connectivity index (χ0) is 26.2. The van der Waals surface area contributed by atoms with Crippen LogP contribution in [0.5, 0.6) is 0 Å². The summed E-state index contributed by atoms with van der Waals surface area (Å²) in [5.41, 5.74) is 0.555. The Morgan fingerprint density at radius 2 is 1.66 bits per heavy atom. The number of carbonyl (C=O) groups is 2. The van der Waals surface area contributed by atoms with Crippen LogP contribution in [0, 0.1) is 11.6 Å². The average Bonchev–Trinajstić information content (AvgIpc) is 2.80. The Labute approximate surface area is 206 Å². The maximum Gasteiger partial charge on any atom is 0.242 e. The second kappa shape index (κ2) is 12.6. The predicted octanol–water partition coefficient (Wildman–Crippen LogP) is 3.84. The molecular weight excluding hydrogens is 476 g/mol. The lowest BCUT2D eigenvalue weighted by Crippen LogP contribution is -2.49. The molecule has 0 spiro atoms. The molecule has 0 fully saturated rings. The van der Waals surface area contributed by atoms with Crippen molar-refractivity contribution in [2.75, 3.05) is 17.1 Å². The Balaban J connectivity index is 2.17. The van der Waals surface area contributed by atoms with Crippen molar-refractivity contribution in [3.05, 3.63) is 65.7 Å². The number of halogens is 2. The van der Waals surface area contributed by atoms with E-state index in [1.807, 2.05) is 13.8 Å². The van der Waals surface area contributed by atoms with Gasteiger partial charge < -0.3 is 10.2 Å². The zero-order valence-electron chi connectivity index (χ0n) is 20.5. The molecule has 0 saturated carbocycles. The number of amides is 2. The van der Waals surface area contributed by atoms with Crippen LogP contribution in [0.15, 0.2) is 48.5 Å². The van der Waals surface area contributed by atoms with E-state index >= 15 is 0 Å². The quantitative estimate of drug-likeness (QED) is 0.471. The van der Waals surface area contributed by atoms with Gasteiger partial charge in [-0.1, -0.05) is 31.2 Å². The molecule has 1 N–H and O–H groups in total. The summed E-state index contributed by atoms with van der Waals surface area (Å²) in [6.45, 7) is 5.38. The number of benzene rings is 2. The van der Waals surface area contributed by atoms with Gasteiger partial charge in [0.15, 0.2) is 0 Å². The first-order valence-corrected chi connectivity index (χ1v) is 13.3. The average molecular weight is 510 g/mol. The van der Waals surface area contributed by atoms with E-state index in [0.717, 1.165) is 17.0 Å². The summed E-state index contributed by atoms with van der Waals surface area (Å²) in [7, 11) is -3.79. The molecule has 7 nitrogen and oxygen atoms in total. The largest absolute Gasteiger partial charge is 0.352 e. The van der Waals surface area contributed by atoms with Crippen molar-refractivity contribution in [2.45, 2.75) is 58.7 Å². The molecule has 192 valence electrons. The molecule has 0 aliphatic heterocycles. The normalized spacial score (nSPS) is 13.1. The van der Waals surface area contributed by atoms with Gasteiger partial charge in [0, 0.05) is 25.6 Å². The van der Waals surface area contributed by atoms with Gasteiger partial charge >= 0.3 is 0 Å². The first-order valence-electron chi connectivity index (χ1n) is 11.5. The minimum atomic E-state index is -3.79. The second-order valence-corrected chi connectivity index (χ2v) is 10.4. The van der Waals surface area contributed by atoms with Crippen molar-refractivity contribution in [2.24, 2.45) is 0 Å². The van der Waals surface area contributed by atoms with Crippen molar-refractivity contribution in [3.8, 4) is 0 Å². The molecule has 2 amide bonds. The SMILES string of the molecule is CCC(C)NC(=O)C(C)N(Cc1ccc(F)cc1)C(=O)CCCN(c1ccccc1F)S(C)(=O)=O. The van der Waals surface area contributed by atoms with Crippen molar-refractivity contribution in [1.29, 1.82) is 0 Å². The number of rotatable bonds is 12. The van der Waals surface area contributed by atoms with E-state index < -0.39 is 27.7 Å². The topological polar surface area (TPSA) is 86.8 Å². The fraction of sp³-hybridized carbons (Fsp3) is 0.440. The Kier molecular flexibility index (Phi) is 10.2. The Hall–Kier alpha value is -3.01. The van der Waals surface area contributed by atoms with Gasteiger partial charge in [-0.15, -0.1) is 0 Å². The second-order valence-electron chi connectivity index (χ2n) is 8.53. The van der Waals surface area contributed by atoms with Crippen LogP contribution in [-0.2, 0) is 26.2 Å². The molecule has 0 heterocycles. The number of para-hydroxylation sites is 1. The molecular formula is C25H33F2N3O4S. The monoisotopic (exact) mass is 509 g/mol. The van der Waals surface area contributed by atoms with E-state index in [9.17, 15) is 26.8 Å². The highest BCUT2D eigenvalue weighted by molar-refractivity contribution is 7.92. The lowest BCUT2D eigenvalue weighted by Gasteiger charge is -2.30. The van der Waals surface area contributed by atoms with E-state index in [4.69, 9.17) is 0 Å². The number of carbonyl (C=O) groups excluding carboxylic acids is 2. The number of sulfonamides is 1. The standard InChI is InChI=1S/C25H33F2N3O4S/c1-5-18(2)28-25(32)19(3)29(17-20-12-14-21(26)15-13-20)24(31)11-8-16-30(35(4,33)34)23-10-7-6-9-22(23)27/h6-7,9-10,12-15,18-19H,5,8,11,16-17H2,1-4H3,(H,28,32). The van der Waals surface area contributed by atoms with E-state index in [-0.39, 0.29) is 49.5 Å². The summed E-state index contributed by atoms with van der Waals surface area (Å²) in [4.78, 5) is 27.3. The number of hydrogen-bond acceptors (Lipinski definition) is 4. The maximum atomic E-state index is 14.2. The van der Waals surface area contributed by atoms with Gasteiger partial charge in [0.05, 0.1) is 11.9 Å². The Morgan fingerprint density at radius 3 is 2.23 bits per heavy atom. The Bertz CT molecular complexity index is 1110. The third-order valence-corrected chi connectivity index (χ3v) is 6.89. The Morgan fingerprint density at radius 1 is 1.03 bits per heavy atom. The highest BCUT2D eigenvalue weighted by Gasteiger charge is 2.27. The zero-order valence-corrected chi connectivity index (χ0v) is 21.3. The molecule has 2 aromatic carbocycles. The van der Waals surface area contributed by atoms with Crippen molar-refractivity contribution >= 4 is 27.5 Å². The fourth-order valence-electron chi connectivity index (χ4n) is 3.47. The molecule has 0 aliphatic carbocycles. The number of nitrogens with one attached hydrogen (secondary N) is 1. The van der Waals surface area contributed by atoms with Crippen LogP contribution >= 0.6 is 0 Å². The van der Waals surface area contributed by atoms with E-state index in [2.05, 4.69) is 5.32 Å². The van der Waals surface area contributed by atoms with Gasteiger partial charge in [0.1, 0.15) is 17.7 Å². The predicted molar refractivity (Wildman–Crippen MR) is 132 cm³/mol. The summed E-state index contributed by atoms with van der Waals surface area (Å²) >= 11 is 0. The van der Waals surface area contributed by atoms with Crippen LogP contribution in [-0.4, -0.2) is 50.0 Å². The number of nitrogens with zero attached hydrogens (tertiary/aromatic N) is 2. The van der Waals surface area contributed by atoms with Crippen LogP contribution < -0.4 is 9.62 Å². The van der Waals surface area contributed by atoms with Gasteiger partial charge in [0.2, 0.25) is 21.8 Å². The fourth-order valence-corrected chi connectivity index (χ4v) is 4.44. The van der Waals surface area contributed by atoms with Crippen LogP contribution in [0.2, 0.25) is 0 Å². The molecule has 10 heteroatoms. The lowest BCUT2D eigenvalue weighted by molar-refractivity contribution is -0.140. The molecule has 2 unspecified atom stereocenters.